The van der Waals surface area contributed by atoms with Crippen molar-refractivity contribution in [2.75, 3.05) is 36.5 Å². The van der Waals surface area contributed by atoms with E-state index in [1.165, 1.54) is 11.3 Å². The van der Waals surface area contributed by atoms with E-state index in [2.05, 4.69) is 39.0 Å². The maximum absolute atomic E-state index is 12.5. The first kappa shape index (κ1) is 18.7. The summed E-state index contributed by atoms with van der Waals surface area (Å²) in [6.45, 7) is 7.52. The van der Waals surface area contributed by atoms with Crippen LogP contribution in [0.1, 0.15) is 42.1 Å². The number of carbonyl (C=O) groups is 1. The number of nitrogens with one attached hydrogen (secondary N) is 3. The molecule has 0 spiro atoms. The van der Waals surface area contributed by atoms with Gasteiger partial charge >= 0.3 is 0 Å². The third-order valence-corrected chi connectivity index (χ3v) is 6.84. The zero-order chi connectivity index (χ0) is 20.0. The van der Waals surface area contributed by atoms with Crippen molar-refractivity contribution in [3.8, 4) is 5.75 Å². The molecule has 1 saturated heterocycles. The zero-order valence-corrected chi connectivity index (χ0v) is 17.7. The summed E-state index contributed by atoms with van der Waals surface area (Å²) >= 11 is 1.47. The van der Waals surface area contributed by atoms with Crippen molar-refractivity contribution in [3.63, 3.8) is 0 Å². The van der Waals surface area contributed by atoms with Crippen LogP contribution in [-0.2, 0) is 6.42 Å². The van der Waals surface area contributed by atoms with Crippen LogP contribution in [0.15, 0.2) is 18.2 Å². The second-order valence-electron chi connectivity index (χ2n) is 8.64. The smallest absolute Gasteiger partial charge is 0.263 e. The summed E-state index contributed by atoms with van der Waals surface area (Å²) in [7, 11) is 0. The fourth-order valence-electron chi connectivity index (χ4n) is 4.29. The molecule has 0 saturated carbocycles. The lowest BCUT2D eigenvalue weighted by atomic mass is 9.94. The molecule has 8 heteroatoms. The second-order valence-corrected chi connectivity index (χ2v) is 9.62. The molecule has 1 fully saturated rings. The molecule has 3 aliphatic heterocycles. The highest BCUT2D eigenvalue weighted by molar-refractivity contribution is 7.17. The number of piperidine rings is 1. The van der Waals surface area contributed by atoms with Gasteiger partial charge in [0.15, 0.2) is 5.13 Å². The van der Waals surface area contributed by atoms with Gasteiger partial charge in [0, 0.05) is 29.8 Å². The fraction of sp³-hybridized carbons (Fsp3) is 0.524. The van der Waals surface area contributed by atoms with Gasteiger partial charge in [0.2, 0.25) is 0 Å². The summed E-state index contributed by atoms with van der Waals surface area (Å²) in [4.78, 5) is 20.2. The van der Waals surface area contributed by atoms with Gasteiger partial charge < -0.3 is 25.6 Å². The average molecular weight is 414 g/mol. The number of hydrogen-bond acceptors (Lipinski definition) is 7. The van der Waals surface area contributed by atoms with Crippen LogP contribution in [0.25, 0.3) is 0 Å². The first-order valence-corrected chi connectivity index (χ1v) is 11.1. The summed E-state index contributed by atoms with van der Waals surface area (Å²) in [5, 5.41) is 11.0. The molecule has 0 aliphatic carbocycles. The first-order valence-electron chi connectivity index (χ1n) is 10.3. The molecule has 7 nitrogen and oxygen atoms in total. The SMILES string of the molecule is CC1(C)Cc2nc(N3CCOc4cc(NC5CCNCC5)ccc43)sc2C(=O)N1. The molecule has 1 amide bonds. The van der Waals surface area contributed by atoms with E-state index in [1.807, 2.05) is 13.8 Å². The van der Waals surface area contributed by atoms with E-state index in [0.717, 1.165) is 71.7 Å². The predicted molar refractivity (Wildman–Crippen MR) is 116 cm³/mol. The summed E-state index contributed by atoms with van der Waals surface area (Å²) < 4.78 is 5.96. The van der Waals surface area contributed by atoms with Gasteiger partial charge in [0.25, 0.3) is 5.91 Å². The molecule has 1 aromatic carbocycles. The Morgan fingerprint density at radius 1 is 1.31 bits per heavy atom. The molecule has 154 valence electrons. The molecule has 29 heavy (non-hydrogen) atoms. The number of benzene rings is 1. The number of thiazole rings is 1. The molecule has 5 rings (SSSR count). The maximum atomic E-state index is 12.5. The number of carbonyl (C=O) groups excluding carboxylic acids is 1. The monoisotopic (exact) mass is 413 g/mol. The number of hydrogen-bond donors (Lipinski definition) is 3. The van der Waals surface area contributed by atoms with Crippen molar-refractivity contribution < 1.29 is 9.53 Å². The van der Waals surface area contributed by atoms with E-state index in [1.54, 1.807) is 0 Å². The van der Waals surface area contributed by atoms with E-state index < -0.39 is 0 Å². The normalized spacial score (nSPS) is 21.0. The number of rotatable bonds is 3. The molecular formula is C21H27N5O2S. The lowest BCUT2D eigenvalue weighted by molar-refractivity contribution is 0.0901. The Morgan fingerprint density at radius 2 is 2.14 bits per heavy atom. The molecule has 0 unspecified atom stereocenters. The Morgan fingerprint density at radius 3 is 2.97 bits per heavy atom. The summed E-state index contributed by atoms with van der Waals surface area (Å²) in [5.74, 6) is 0.850. The van der Waals surface area contributed by atoms with Gasteiger partial charge in [-0.25, -0.2) is 4.98 Å². The molecular weight excluding hydrogens is 386 g/mol. The molecule has 3 aliphatic rings. The van der Waals surface area contributed by atoms with E-state index in [-0.39, 0.29) is 11.4 Å². The Hall–Kier alpha value is -2.32. The number of aromatic nitrogens is 1. The van der Waals surface area contributed by atoms with Gasteiger partial charge in [-0.1, -0.05) is 11.3 Å². The van der Waals surface area contributed by atoms with Crippen molar-refractivity contribution >= 4 is 33.8 Å². The number of anilines is 3. The van der Waals surface area contributed by atoms with Crippen molar-refractivity contribution in [2.24, 2.45) is 0 Å². The molecule has 3 N–H and O–H groups in total. The van der Waals surface area contributed by atoms with Crippen LogP contribution >= 0.6 is 11.3 Å². The standard InChI is InChI=1S/C21H27N5O2S/c1-21(2)12-15-18(19(27)25-21)29-20(24-15)26-9-10-28-17-11-14(3-4-16(17)26)23-13-5-7-22-8-6-13/h3-4,11,13,22-23H,5-10,12H2,1-2H3,(H,25,27). The van der Waals surface area contributed by atoms with Gasteiger partial charge in [0.1, 0.15) is 17.2 Å². The van der Waals surface area contributed by atoms with E-state index in [4.69, 9.17) is 9.72 Å². The van der Waals surface area contributed by atoms with Gasteiger partial charge in [-0.2, -0.15) is 0 Å². The van der Waals surface area contributed by atoms with Gasteiger partial charge in [-0.05, 0) is 51.9 Å². The van der Waals surface area contributed by atoms with E-state index in [0.29, 0.717) is 12.6 Å². The number of amides is 1. The van der Waals surface area contributed by atoms with E-state index in [9.17, 15) is 4.79 Å². The highest BCUT2D eigenvalue weighted by Crippen LogP contribution is 2.41. The fourth-order valence-corrected chi connectivity index (χ4v) is 5.31. The second kappa shape index (κ2) is 7.18. The zero-order valence-electron chi connectivity index (χ0n) is 16.9. The minimum absolute atomic E-state index is 0.0185. The third kappa shape index (κ3) is 3.67. The Labute approximate surface area is 174 Å². The van der Waals surface area contributed by atoms with Crippen LogP contribution in [0, 0.1) is 0 Å². The Kier molecular flexibility index (Phi) is 4.63. The Bertz CT molecular complexity index is 935. The quantitative estimate of drug-likeness (QED) is 0.718. The van der Waals surface area contributed by atoms with Crippen LogP contribution in [0.5, 0.6) is 5.75 Å². The minimum Gasteiger partial charge on any atom is -0.489 e. The van der Waals surface area contributed by atoms with Crippen LogP contribution in [-0.4, -0.2) is 48.7 Å². The average Bonchev–Trinajstić information content (AvgIpc) is 3.11. The molecule has 0 radical (unpaired) electrons. The maximum Gasteiger partial charge on any atom is 0.263 e. The van der Waals surface area contributed by atoms with Crippen LogP contribution in [0.4, 0.5) is 16.5 Å². The first-order chi connectivity index (χ1) is 14.0. The van der Waals surface area contributed by atoms with Gasteiger partial charge in [0.05, 0.1) is 17.9 Å². The van der Waals surface area contributed by atoms with Crippen molar-refractivity contribution in [2.45, 2.75) is 44.7 Å². The summed E-state index contributed by atoms with van der Waals surface area (Å²) in [6, 6.07) is 6.81. The summed E-state index contributed by atoms with van der Waals surface area (Å²) in [6.07, 6.45) is 3.02. The topological polar surface area (TPSA) is 78.5 Å². The van der Waals surface area contributed by atoms with Gasteiger partial charge in [-0.3, -0.25) is 4.79 Å². The van der Waals surface area contributed by atoms with Crippen LogP contribution in [0.2, 0.25) is 0 Å². The lowest BCUT2D eigenvalue weighted by Gasteiger charge is -2.30. The van der Waals surface area contributed by atoms with Crippen LogP contribution in [0.3, 0.4) is 0 Å². The lowest BCUT2D eigenvalue weighted by Crippen LogP contribution is -2.48. The van der Waals surface area contributed by atoms with Gasteiger partial charge in [-0.15, -0.1) is 0 Å². The molecule has 0 atom stereocenters. The molecule has 0 bridgehead atoms. The van der Waals surface area contributed by atoms with Crippen molar-refractivity contribution in [1.82, 2.24) is 15.6 Å². The minimum atomic E-state index is -0.256. The highest BCUT2D eigenvalue weighted by Gasteiger charge is 2.34. The van der Waals surface area contributed by atoms with Crippen molar-refractivity contribution in [3.05, 3.63) is 28.8 Å². The van der Waals surface area contributed by atoms with Crippen LogP contribution < -0.4 is 25.6 Å². The Balaban J connectivity index is 1.41. The van der Waals surface area contributed by atoms with E-state index >= 15 is 0 Å². The molecule has 4 heterocycles. The number of fused-ring (bicyclic) bond motifs is 2. The number of nitrogens with zero attached hydrogens (tertiary/aromatic N) is 2. The largest absolute Gasteiger partial charge is 0.489 e. The summed E-state index contributed by atoms with van der Waals surface area (Å²) in [5.41, 5.74) is 2.75. The molecule has 2 aromatic rings. The predicted octanol–water partition coefficient (Wildman–Crippen LogP) is 2.90. The third-order valence-electron chi connectivity index (χ3n) is 5.72. The van der Waals surface area contributed by atoms with Crippen molar-refractivity contribution in [1.29, 1.82) is 0 Å². The highest BCUT2D eigenvalue weighted by atomic mass is 32.1. The molecule has 1 aromatic heterocycles. The number of ether oxygens (including phenoxy) is 1.